The number of aliphatic hydroxyl groups is 1. The zero-order chi connectivity index (χ0) is 18.1. The molecule has 2 aliphatic heterocycles. The van der Waals surface area contributed by atoms with E-state index in [0.717, 1.165) is 83.9 Å². The molecule has 2 heterocycles. The van der Waals surface area contributed by atoms with Gasteiger partial charge in [-0.2, -0.15) is 0 Å². The standard InChI is InChI=1S/C18H34N4O3/c1-3-19-18(22-13-5-15(6-14-22)17(24)25-2)20-9-4-10-21-11-7-16(23)8-12-21/h15-16,23H,3-14H2,1-2H3,(H,19,20). The van der Waals surface area contributed by atoms with Crippen LogP contribution in [0.5, 0.6) is 0 Å². The van der Waals surface area contributed by atoms with Gasteiger partial charge in [0.1, 0.15) is 0 Å². The van der Waals surface area contributed by atoms with E-state index in [9.17, 15) is 9.90 Å². The van der Waals surface area contributed by atoms with Crippen LogP contribution in [0.15, 0.2) is 4.99 Å². The number of aliphatic imine (C=N–C) groups is 1. The Hall–Kier alpha value is -1.34. The van der Waals surface area contributed by atoms with E-state index >= 15 is 0 Å². The monoisotopic (exact) mass is 354 g/mol. The zero-order valence-electron chi connectivity index (χ0n) is 15.7. The molecule has 2 fully saturated rings. The number of methoxy groups -OCH3 is 1. The van der Waals surface area contributed by atoms with E-state index in [2.05, 4.69) is 22.0 Å². The van der Waals surface area contributed by atoms with Crippen LogP contribution in [0.2, 0.25) is 0 Å². The highest BCUT2D eigenvalue weighted by Gasteiger charge is 2.26. The SMILES string of the molecule is CCNC(=NCCCN1CCC(O)CC1)N1CCC(C(=O)OC)CC1. The maximum atomic E-state index is 11.6. The van der Waals surface area contributed by atoms with Gasteiger partial charge in [0.15, 0.2) is 5.96 Å². The van der Waals surface area contributed by atoms with Crippen molar-refractivity contribution in [2.75, 3.05) is 52.9 Å². The van der Waals surface area contributed by atoms with Gasteiger partial charge in [-0.3, -0.25) is 9.79 Å². The van der Waals surface area contributed by atoms with E-state index in [1.54, 1.807) is 0 Å². The first kappa shape index (κ1) is 20.0. The predicted octanol–water partition coefficient (Wildman–Crippen LogP) is 0.684. The number of hydrogen-bond donors (Lipinski definition) is 2. The van der Waals surface area contributed by atoms with Crippen molar-refractivity contribution in [1.82, 2.24) is 15.1 Å². The number of likely N-dealkylation sites (tertiary alicyclic amines) is 2. The second kappa shape index (κ2) is 10.6. The second-order valence-electron chi connectivity index (χ2n) is 6.95. The summed E-state index contributed by atoms with van der Waals surface area (Å²) in [6, 6.07) is 0. The third-order valence-corrected chi connectivity index (χ3v) is 5.12. The van der Waals surface area contributed by atoms with Crippen LogP contribution >= 0.6 is 0 Å². The summed E-state index contributed by atoms with van der Waals surface area (Å²) in [7, 11) is 1.46. The fourth-order valence-electron chi connectivity index (χ4n) is 3.54. The van der Waals surface area contributed by atoms with Crippen LogP contribution in [-0.4, -0.2) is 85.9 Å². The summed E-state index contributed by atoms with van der Waals surface area (Å²) in [4.78, 5) is 21.1. The van der Waals surface area contributed by atoms with Crippen molar-refractivity contribution in [2.45, 2.75) is 45.1 Å². The predicted molar refractivity (Wildman–Crippen MR) is 98.6 cm³/mol. The lowest BCUT2D eigenvalue weighted by Gasteiger charge is -2.33. The normalized spacial score (nSPS) is 21.4. The van der Waals surface area contributed by atoms with Crippen molar-refractivity contribution in [2.24, 2.45) is 10.9 Å². The second-order valence-corrected chi connectivity index (χ2v) is 6.95. The van der Waals surface area contributed by atoms with Crippen LogP contribution in [0, 0.1) is 5.92 Å². The minimum atomic E-state index is -0.109. The Balaban J connectivity index is 1.74. The van der Waals surface area contributed by atoms with E-state index < -0.39 is 0 Å². The third kappa shape index (κ3) is 6.47. The fourth-order valence-corrected chi connectivity index (χ4v) is 3.54. The molecule has 25 heavy (non-hydrogen) atoms. The van der Waals surface area contributed by atoms with Gasteiger partial charge in [-0.25, -0.2) is 0 Å². The first-order chi connectivity index (χ1) is 12.1. The molecule has 0 aromatic carbocycles. The molecular formula is C18H34N4O3. The molecule has 0 spiro atoms. The van der Waals surface area contributed by atoms with E-state index in [4.69, 9.17) is 9.73 Å². The highest BCUT2D eigenvalue weighted by Crippen LogP contribution is 2.18. The molecule has 0 aliphatic carbocycles. The molecule has 144 valence electrons. The molecule has 7 heteroatoms. The van der Waals surface area contributed by atoms with Crippen molar-refractivity contribution in [1.29, 1.82) is 0 Å². The number of guanidine groups is 1. The van der Waals surface area contributed by atoms with E-state index in [1.807, 2.05) is 0 Å². The van der Waals surface area contributed by atoms with Crippen LogP contribution in [0.3, 0.4) is 0 Å². The fraction of sp³-hybridized carbons (Fsp3) is 0.889. The summed E-state index contributed by atoms with van der Waals surface area (Å²) >= 11 is 0. The molecule has 0 atom stereocenters. The Bertz CT molecular complexity index is 428. The Morgan fingerprint density at radius 1 is 1.20 bits per heavy atom. The van der Waals surface area contributed by atoms with Gasteiger partial charge in [0.25, 0.3) is 0 Å². The molecular weight excluding hydrogens is 320 g/mol. The van der Waals surface area contributed by atoms with Gasteiger partial charge < -0.3 is 25.0 Å². The van der Waals surface area contributed by atoms with Crippen LogP contribution in [0.25, 0.3) is 0 Å². The summed E-state index contributed by atoms with van der Waals surface area (Å²) < 4.78 is 4.85. The lowest BCUT2D eigenvalue weighted by atomic mass is 9.97. The van der Waals surface area contributed by atoms with Crippen LogP contribution in [0.1, 0.15) is 39.0 Å². The molecule has 2 N–H and O–H groups in total. The molecule has 7 nitrogen and oxygen atoms in total. The van der Waals surface area contributed by atoms with Gasteiger partial charge in [0, 0.05) is 39.3 Å². The summed E-state index contributed by atoms with van der Waals surface area (Å²) in [5.74, 6) is 0.895. The Kier molecular flexibility index (Phi) is 8.48. The highest BCUT2D eigenvalue weighted by molar-refractivity contribution is 5.80. The van der Waals surface area contributed by atoms with Gasteiger partial charge in [0.2, 0.25) is 0 Å². The zero-order valence-corrected chi connectivity index (χ0v) is 15.7. The molecule has 2 rings (SSSR count). The molecule has 2 saturated heterocycles. The molecule has 0 aromatic rings. The molecule has 0 bridgehead atoms. The van der Waals surface area contributed by atoms with Crippen molar-refractivity contribution in [3.05, 3.63) is 0 Å². The number of nitrogens with one attached hydrogen (secondary N) is 1. The minimum absolute atomic E-state index is 0.0265. The average molecular weight is 354 g/mol. The molecule has 0 amide bonds. The molecule has 0 radical (unpaired) electrons. The number of aliphatic hydroxyl groups excluding tert-OH is 1. The first-order valence-electron chi connectivity index (χ1n) is 9.65. The van der Waals surface area contributed by atoms with Gasteiger partial charge in [-0.05, 0) is 45.6 Å². The number of piperidine rings is 2. The number of carbonyl (C=O) groups excluding carboxylic acids is 1. The van der Waals surface area contributed by atoms with Gasteiger partial charge in [0.05, 0.1) is 19.1 Å². The Morgan fingerprint density at radius 2 is 1.88 bits per heavy atom. The average Bonchev–Trinajstić information content (AvgIpc) is 2.65. The summed E-state index contributed by atoms with van der Waals surface area (Å²) in [6.07, 6.45) is 4.36. The number of rotatable bonds is 6. The van der Waals surface area contributed by atoms with Crippen molar-refractivity contribution >= 4 is 11.9 Å². The third-order valence-electron chi connectivity index (χ3n) is 5.12. The number of carbonyl (C=O) groups is 1. The lowest BCUT2D eigenvalue weighted by Crippen LogP contribution is -2.46. The Morgan fingerprint density at radius 3 is 2.48 bits per heavy atom. The van der Waals surface area contributed by atoms with Crippen LogP contribution < -0.4 is 5.32 Å². The van der Waals surface area contributed by atoms with E-state index in [0.29, 0.717) is 0 Å². The largest absolute Gasteiger partial charge is 0.469 e. The van der Waals surface area contributed by atoms with Crippen LogP contribution in [-0.2, 0) is 9.53 Å². The highest BCUT2D eigenvalue weighted by atomic mass is 16.5. The van der Waals surface area contributed by atoms with Gasteiger partial charge in [-0.15, -0.1) is 0 Å². The first-order valence-corrected chi connectivity index (χ1v) is 9.65. The number of ether oxygens (including phenoxy) is 1. The summed E-state index contributed by atoms with van der Waals surface area (Å²) in [5.41, 5.74) is 0. The maximum Gasteiger partial charge on any atom is 0.308 e. The number of hydrogen-bond acceptors (Lipinski definition) is 5. The van der Waals surface area contributed by atoms with Crippen molar-refractivity contribution in [3.63, 3.8) is 0 Å². The topological polar surface area (TPSA) is 77.4 Å². The van der Waals surface area contributed by atoms with Gasteiger partial charge >= 0.3 is 5.97 Å². The lowest BCUT2D eigenvalue weighted by molar-refractivity contribution is -0.146. The van der Waals surface area contributed by atoms with Crippen molar-refractivity contribution in [3.8, 4) is 0 Å². The molecule has 0 unspecified atom stereocenters. The Labute approximate surface area is 151 Å². The minimum Gasteiger partial charge on any atom is -0.469 e. The van der Waals surface area contributed by atoms with E-state index in [1.165, 1.54) is 7.11 Å². The van der Waals surface area contributed by atoms with Crippen LogP contribution in [0.4, 0.5) is 0 Å². The number of esters is 1. The van der Waals surface area contributed by atoms with Crippen molar-refractivity contribution < 1.29 is 14.6 Å². The van der Waals surface area contributed by atoms with E-state index in [-0.39, 0.29) is 18.0 Å². The quantitative estimate of drug-likeness (QED) is 0.316. The molecule has 0 aromatic heterocycles. The summed E-state index contributed by atoms with van der Waals surface area (Å²) in [5, 5.41) is 12.9. The number of nitrogens with zero attached hydrogens (tertiary/aromatic N) is 3. The smallest absolute Gasteiger partial charge is 0.308 e. The molecule has 2 aliphatic rings. The molecule has 0 saturated carbocycles. The van der Waals surface area contributed by atoms with Gasteiger partial charge in [-0.1, -0.05) is 0 Å². The summed E-state index contributed by atoms with van der Waals surface area (Å²) in [6.45, 7) is 8.44. The maximum absolute atomic E-state index is 11.6.